The number of esters is 1. The molecule has 0 unspecified atom stereocenters. The minimum Gasteiger partial charge on any atom is -0.465 e. The monoisotopic (exact) mass is 227 g/mol. The van der Waals surface area contributed by atoms with E-state index in [1.54, 1.807) is 6.92 Å². The lowest BCUT2D eigenvalue weighted by Crippen LogP contribution is -2.08. The molecule has 1 rings (SSSR count). The number of rotatable bonds is 4. The number of ether oxygens (including phenoxy) is 1. The number of carbonyl (C=O) groups is 1. The maximum Gasteiger partial charge on any atom is 0.327 e. The Labute approximate surface area is 91.8 Å². The van der Waals surface area contributed by atoms with Gasteiger partial charge in [-0.3, -0.25) is 9.79 Å². The first-order valence-corrected chi connectivity index (χ1v) is 4.74. The lowest BCUT2D eigenvalue weighted by Gasteiger charge is -1.99. The van der Waals surface area contributed by atoms with Gasteiger partial charge in [0, 0.05) is 6.21 Å². The quantitative estimate of drug-likeness (QED) is 0.582. The fraction of sp³-hybridized carbons (Fsp3) is 0.273. The number of carbonyl (C=O) groups excluding carboxylic acids is 1. The highest BCUT2D eigenvalue weighted by atomic mass is 19.1. The smallest absolute Gasteiger partial charge is 0.327 e. The van der Waals surface area contributed by atoms with E-state index in [0.29, 0.717) is 0 Å². The van der Waals surface area contributed by atoms with Gasteiger partial charge in [0.2, 0.25) is 0 Å². The standard InChI is InChI=1S/C11H11F2NO2/c1-2-16-11(15)7-14-6-8-9(12)4-3-5-10(8)13/h3-6H,2,7H2,1H3. The van der Waals surface area contributed by atoms with Gasteiger partial charge in [0.05, 0.1) is 12.2 Å². The van der Waals surface area contributed by atoms with Crippen molar-refractivity contribution in [2.45, 2.75) is 6.92 Å². The zero-order valence-electron chi connectivity index (χ0n) is 8.74. The minimum atomic E-state index is -0.715. The van der Waals surface area contributed by atoms with E-state index in [1.165, 1.54) is 6.07 Å². The second-order valence-electron chi connectivity index (χ2n) is 2.91. The van der Waals surface area contributed by atoms with Crippen LogP contribution in [0, 0.1) is 11.6 Å². The van der Waals surface area contributed by atoms with E-state index in [9.17, 15) is 13.6 Å². The van der Waals surface area contributed by atoms with Gasteiger partial charge >= 0.3 is 5.97 Å². The van der Waals surface area contributed by atoms with Crippen LogP contribution in [0.2, 0.25) is 0 Å². The second kappa shape index (κ2) is 5.95. The molecule has 0 atom stereocenters. The van der Waals surface area contributed by atoms with Crippen molar-refractivity contribution in [2.75, 3.05) is 13.2 Å². The van der Waals surface area contributed by atoms with Crippen LogP contribution in [0.15, 0.2) is 23.2 Å². The molecule has 3 nitrogen and oxygen atoms in total. The van der Waals surface area contributed by atoms with Gasteiger partial charge in [0.1, 0.15) is 18.2 Å². The third-order valence-electron chi connectivity index (χ3n) is 1.75. The Morgan fingerprint density at radius 1 is 1.44 bits per heavy atom. The molecule has 0 saturated carbocycles. The summed E-state index contributed by atoms with van der Waals surface area (Å²) >= 11 is 0. The van der Waals surface area contributed by atoms with E-state index in [2.05, 4.69) is 9.73 Å². The lowest BCUT2D eigenvalue weighted by atomic mass is 10.2. The van der Waals surface area contributed by atoms with Crippen LogP contribution in [0.3, 0.4) is 0 Å². The van der Waals surface area contributed by atoms with Gasteiger partial charge in [0.25, 0.3) is 0 Å². The Kier molecular flexibility index (Phi) is 4.57. The normalized spacial score (nSPS) is 10.7. The average molecular weight is 227 g/mol. The number of halogens is 2. The van der Waals surface area contributed by atoms with E-state index in [-0.39, 0.29) is 18.7 Å². The lowest BCUT2D eigenvalue weighted by molar-refractivity contribution is -0.141. The van der Waals surface area contributed by atoms with Crippen LogP contribution in [0.1, 0.15) is 12.5 Å². The summed E-state index contributed by atoms with van der Waals surface area (Å²) in [6.07, 6.45) is 0.988. The average Bonchev–Trinajstić information content (AvgIpc) is 2.23. The highest BCUT2D eigenvalue weighted by Gasteiger charge is 2.05. The van der Waals surface area contributed by atoms with Crippen LogP contribution < -0.4 is 0 Å². The highest BCUT2D eigenvalue weighted by molar-refractivity contribution is 5.82. The van der Waals surface area contributed by atoms with Crippen molar-refractivity contribution in [1.29, 1.82) is 0 Å². The maximum atomic E-state index is 13.1. The third kappa shape index (κ3) is 3.42. The Hall–Kier alpha value is -1.78. The summed E-state index contributed by atoms with van der Waals surface area (Å²) in [6, 6.07) is 3.50. The van der Waals surface area contributed by atoms with E-state index in [4.69, 9.17) is 0 Å². The minimum absolute atomic E-state index is 0.248. The topological polar surface area (TPSA) is 38.7 Å². The molecule has 0 aliphatic heterocycles. The van der Waals surface area contributed by atoms with Gasteiger partial charge in [-0.25, -0.2) is 8.78 Å². The van der Waals surface area contributed by atoms with E-state index in [0.717, 1.165) is 18.3 Å². The van der Waals surface area contributed by atoms with Crippen LogP contribution in [-0.4, -0.2) is 25.3 Å². The molecule has 0 N–H and O–H groups in total. The molecule has 0 fully saturated rings. The van der Waals surface area contributed by atoms with Gasteiger partial charge in [-0.2, -0.15) is 0 Å². The fourth-order valence-corrected chi connectivity index (χ4v) is 1.05. The fourth-order valence-electron chi connectivity index (χ4n) is 1.05. The van der Waals surface area contributed by atoms with Gasteiger partial charge in [-0.05, 0) is 19.1 Å². The highest BCUT2D eigenvalue weighted by Crippen LogP contribution is 2.09. The summed E-state index contributed by atoms with van der Waals surface area (Å²) in [5.41, 5.74) is -0.258. The van der Waals surface area contributed by atoms with E-state index in [1.807, 2.05) is 0 Å². The first-order valence-electron chi connectivity index (χ1n) is 4.74. The predicted molar refractivity (Wildman–Crippen MR) is 55.5 cm³/mol. The molecule has 1 aromatic rings. The Balaban J connectivity index is 2.66. The van der Waals surface area contributed by atoms with Crippen molar-refractivity contribution >= 4 is 12.2 Å². The molecule has 0 heterocycles. The molecular weight excluding hydrogens is 216 g/mol. The first-order chi connectivity index (χ1) is 7.65. The van der Waals surface area contributed by atoms with Crippen LogP contribution in [0.4, 0.5) is 8.78 Å². The zero-order chi connectivity index (χ0) is 12.0. The summed E-state index contributed by atoms with van der Waals surface area (Å²) in [5, 5.41) is 0. The third-order valence-corrected chi connectivity index (χ3v) is 1.75. The molecule has 1 aromatic carbocycles. The molecule has 0 radical (unpaired) electrons. The molecule has 0 aliphatic carbocycles. The SMILES string of the molecule is CCOC(=O)CN=Cc1c(F)cccc1F. The van der Waals surface area contributed by atoms with Gasteiger partial charge < -0.3 is 4.74 Å². The molecule has 0 bridgehead atoms. The zero-order valence-corrected chi connectivity index (χ0v) is 8.74. The summed E-state index contributed by atoms with van der Waals surface area (Å²) in [6.45, 7) is 1.67. The summed E-state index contributed by atoms with van der Waals surface area (Å²) < 4.78 is 30.8. The number of aliphatic imine (C=N–C) groups is 1. The molecule has 0 aromatic heterocycles. The molecule has 0 aliphatic rings. The first kappa shape index (κ1) is 12.3. The van der Waals surface area contributed by atoms with E-state index >= 15 is 0 Å². The van der Waals surface area contributed by atoms with Crippen molar-refractivity contribution in [3.8, 4) is 0 Å². The molecule has 0 saturated heterocycles. The van der Waals surface area contributed by atoms with E-state index < -0.39 is 17.6 Å². The van der Waals surface area contributed by atoms with Crippen LogP contribution in [0.5, 0.6) is 0 Å². The molecule has 86 valence electrons. The number of nitrogens with zero attached hydrogens (tertiary/aromatic N) is 1. The second-order valence-corrected chi connectivity index (χ2v) is 2.91. The molecular formula is C11H11F2NO2. The van der Waals surface area contributed by atoms with Gasteiger partial charge in [-0.15, -0.1) is 0 Å². The summed E-state index contributed by atoms with van der Waals surface area (Å²) in [5.74, 6) is -1.96. The summed E-state index contributed by atoms with van der Waals surface area (Å²) in [4.78, 5) is 14.5. The molecule has 0 amide bonds. The van der Waals surface area contributed by atoms with Crippen molar-refractivity contribution < 1.29 is 18.3 Å². The van der Waals surface area contributed by atoms with Crippen LogP contribution >= 0.6 is 0 Å². The molecule has 0 spiro atoms. The number of hydrogen-bond acceptors (Lipinski definition) is 3. The predicted octanol–water partition coefficient (Wildman–Crippen LogP) is 1.95. The maximum absolute atomic E-state index is 13.1. The largest absolute Gasteiger partial charge is 0.465 e. The Morgan fingerprint density at radius 2 is 2.06 bits per heavy atom. The Morgan fingerprint density at radius 3 is 2.62 bits per heavy atom. The Bertz CT molecular complexity index is 385. The van der Waals surface area contributed by atoms with Crippen molar-refractivity contribution in [3.05, 3.63) is 35.4 Å². The van der Waals surface area contributed by atoms with Gasteiger partial charge in [-0.1, -0.05) is 6.07 Å². The summed E-state index contributed by atoms with van der Waals surface area (Å²) in [7, 11) is 0. The molecule has 16 heavy (non-hydrogen) atoms. The molecule has 5 heteroatoms. The van der Waals surface area contributed by atoms with Crippen LogP contribution in [-0.2, 0) is 9.53 Å². The van der Waals surface area contributed by atoms with Crippen molar-refractivity contribution in [3.63, 3.8) is 0 Å². The van der Waals surface area contributed by atoms with Crippen LogP contribution in [0.25, 0.3) is 0 Å². The van der Waals surface area contributed by atoms with Crippen molar-refractivity contribution in [2.24, 2.45) is 4.99 Å². The van der Waals surface area contributed by atoms with Crippen molar-refractivity contribution in [1.82, 2.24) is 0 Å². The number of hydrogen-bond donors (Lipinski definition) is 0. The van der Waals surface area contributed by atoms with Gasteiger partial charge in [0.15, 0.2) is 0 Å². The number of benzene rings is 1.